The SMILES string of the molecule is COC(=O)c1c(N)c2ccc(Br)cc2n(-c2cccc(N)c2)c1=O. The Kier molecular flexibility index (Phi) is 4.02. The lowest BCUT2D eigenvalue weighted by Gasteiger charge is -2.15. The normalized spacial score (nSPS) is 10.8. The zero-order valence-electron chi connectivity index (χ0n) is 12.7. The molecule has 6 nitrogen and oxygen atoms in total. The highest BCUT2D eigenvalue weighted by atomic mass is 79.9. The molecule has 0 radical (unpaired) electrons. The number of anilines is 2. The fraction of sp³-hybridized carbons (Fsp3) is 0.0588. The third kappa shape index (κ3) is 2.52. The van der Waals surface area contributed by atoms with Crippen LogP contribution in [0.1, 0.15) is 10.4 Å². The maximum absolute atomic E-state index is 13.0. The Bertz CT molecular complexity index is 1030. The number of nitrogens with two attached hydrogens (primary N) is 2. The maximum Gasteiger partial charge on any atom is 0.345 e. The molecule has 1 aromatic heterocycles. The summed E-state index contributed by atoms with van der Waals surface area (Å²) in [5, 5.41) is 0.570. The molecule has 0 aliphatic heterocycles. The molecule has 4 N–H and O–H groups in total. The zero-order chi connectivity index (χ0) is 17.4. The van der Waals surface area contributed by atoms with Gasteiger partial charge in [-0.3, -0.25) is 9.36 Å². The Morgan fingerprint density at radius 2 is 1.92 bits per heavy atom. The van der Waals surface area contributed by atoms with E-state index in [1.165, 1.54) is 11.7 Å². The predicted molar refractivity (Wildman–Crippen MR) is 97.4 cm³/mol. The molecule has 1 heterocycles. The monoisotopic (exact) mass is 387 g/mol. The molecule has 0 spiro atoms. The number of carbonyl (C=O) groups is 1. The number of fused-ring (bicyclic) bond motifs is 1. The number of carbonyl (C=O) groups excluding carboxylic acids is 1. The second-order valence-corrected chi connectivity index (χ2v) is 6.09. The molecule has 0 fully saturated rings. The number of nitrogens with zero attached hydrogens (tertiary/aromatic N) is 1. The molecule has 0 unspecified atom stereocenters. The summed E-state index contributed by atoms with van der Waals surface area (Å²) >= 11 is 3.39. The van der Waals surface area contributed by atoms with E-state index < -0.39 is 11.5 Å². The maximum atomic E-state index is 13.0. The van der Waals surface area contributed by atoms with Crippen molar-refractivity contribution in [3.8, 4) is 5.69 Å². The molecular weight excluding hydrogens is 374 g/mol. The van der Waals surface area contributed by atoms with E-state index in [0.29, 0.717) is 22.3 Å². The lowest BCUT2D eigenvalue weighted by atomic mass is 10.1. The first kappa shape index (κ1) is 16.1. The fourth-order valence-corrected chi connectivity index (χ4v) is 2.96. The number of rotatable bonds is 2. The number of pyridine rings is 1. The molecule has 0 atom stereocenters. The summed E-state index contributed by atoms with van der Waals surface area (Å²) < 4.78 is 6.90. The van der Waals surface area contributed by atoms with Crippen LogP contribution < -0.4 is 17.0 Å². The summed E-state index contributed by atoms with van der Waals surface area (Å²) in [4.78, 5) is 25.0. The first-order chi connectivity index (χ1) is 11.4. The summed E-state index contributed by atoms with van der Waals surface area (Å²) in [6.45, 7) is 0. The number of benzene rings is 2. The Morgan fingerprint density at radius 1 is 1.17 bits per heavy atom. The first-order valence-corrected chi connectivity index (χ1v) is 7.81. The van der Waals surface area contributed by atoms with Crippen molar-refractivity contribution in [2.45, 2.75) is 0 Å². The topological polar surface area (TPSA) is 100 Å². The number of nitrogen functional groups attached to an aromatic ring is 2. The third-order valence-electron chi connectivity index (χ3n) is 3.70. The second-order valence-electron chi connectivity index (χ2n) is 5.18. The van der Waals surface area contributed by atoms with E-state index in [0.717, 1.165) is 4.47 Å². The third-order valence-corrected chi connectivity index (χ3v) is 4.19. The van der Waals surface area contributed by atoms with E-state index in [1.807, 2.05) is 0 Å². The van der Waals surface area contributed by atoms with Crippen molar-refractivity contribution >= 4 is 44.2 Å². The molecular formula is C17H14BrN3O3. The molecule has 7 heteroatoms. The van der Waals surface area contributed by atoms with Gasteiger partial charge in [0.05, 0.1) is 24.0 Å². The van der Waals surface area contributed by atoms with Gasteiger partial charge in [-0.25, -0.2) is 4.79 Å². The summed E-state index contributed by atoms with van der Waals surface area (Å²) in [6.07, 6.45) is 0. The first-order valence-electron chi connectivity index (χ1n) is 7.02. The zero-order valence-corrected chi connectivity index (χ0v) is 14.3. The van der Waals surface area contributed by atoms with Crippen LogP contribution in [-0.4, -0.2) is 17.6 Å². The van der Waals surface area contributed by atoms with Crippen molar-refractivity contribution in [3.63, 3.8) is 0 Å². The van der Waals surface area contributed by atoms with Crippen LogP contribution in [0.2, 0.25) is 0 Å². The van der Waals surface area contributed by atoms with Gasteiger partial charge in [-0.1, -0.05) is 22.0 Å². The van der Waals surface area contributed by atoms with Gasteiger partial charge in [0.1, 0.15) is 5.56 Å². The van der Waals surface area contributed by atoms with Crippen LogP contribution in [0.25, 0.3) is 16.6 Å². The molecule has 24 heavy (non-hydrogen) atoms. The summed E-state index contributed by atoms with van der Waals surface area (Å²) in [6, 6.07) is 12.1. The van der Waals surface area contributed by atoms with Crippen LogP contribution in [0, 0.1) is 0 Å². The largest absolute Gasteiger partial charge is 0.465 e. The van der Waals surface area contributed by atoms with Crippen molar-refractivity contribution in [1.29, 1.82) is 0 Å². The van der Waals surface area contributed by atoms with Gasteiger partial charge < -0.3 is 16.2 Å². The summed E-state index contributed by atoms with van der Waals surface area (Å²) in [5.41, 5.74) is 12.8. The summed E-state index contributed by atoms with van der Waals surface area (Å²) in [5.74, 6) is -0.778. The van der Waals surface area contributed by atoms with Gasteiger partial charge in [0, 0.05) is 15.5 Å². The Labute approximate surface area is 145 Å². The highest BCUT2D eigenvalue weighted by molar-refractivity contribution is 9.10. The molecule has 0 aliphatic carbocycles. The van der Waals surface area contributed by atoms with Gasteiger partial charge in [-0.2, -0.15) is 0 Å². The predicted octanol–water partition coefficient (Wildman–Crippen LogP) is 2.70. The van der Waals surface area contributed by atoms with Crippen molar-refractivity contribution in [2.24, 2.45) is 0 Å². The van der Waals surface area contributed by atoms with E-state index in [-0.39, 0.29) is 11.3 Å². The molecule has 3 aromatic rings. The quantitative estimate of drug-likeness (QED) is 0.519. The Balaban J connectivity index is 2.53. The van der Waals surface area contributed by atoms with Gasteiger partial charge >= 0.3 is 5.97 Å². The van der Waals surface area contributed by atoms with E-state index in [9.17, 15) is 9.59 Å². The standard InChI is InChI=1S/C17H14BrN3O3/c1-24-17(23)14-15(20)12-6-5-9(18)7-13(12)21(16(14)22)11-4-2-3-10(19)8-11/h2-8H,19-20H2,1H3. The van der Waals surface area contributed by atoms with E-state index in [2.05, 4.69) is 15.9 Å². The van der Waals surface area contributed by atoms with Crippen molar-refractivity contribution in [1.82, 2.24) is 4.57 Å². The number of aromatic nitrogens is 1. The molecule has 0 bridgehead atoms. The lowest BCUT2D eigenvalue weighted by molar-refractivity contribution is 0.0600. The van der Waals surface area contributed by atoms with Gasteiger partial charge in [-0.15, -0.1) is 0 Å². The highest BCUT2D eigenvalue weighted by Gasteiger charge is 2.22. The highest BCUT2D eigenvalue weighted by Crippen LogP contribution is 2.28. The molecule has 0 saturated heterocycles. The number of esters is 1. The number of hydrogen-bond donors (Lipinski definition) is 2. The molecule has 0 aliphatic rings. The van der Waals surface area contributed by atoms with Crippen LogP contribution in [0.3, 0.4) is 0 Å². The van der Waals surface area contributed by atoms with Gasteiger partial charge in [0.15, 0.2) is 0 Å². The minimum Gasteiger partial charge on any atom is -0.465 e. The molecule has 3 rings (SSSR count). The van der Waals surface area contributed by atoms with E-state index in [4.69, 9.17) is 16.2 Å². The van der Waals surface area contributed by atoms with Gasteiger partial charge in [0.2, 0.25) is 0 Å². The number of methoxy groups -OCH3 is 1. The van der Waals surface area contributed by atoms with Crippen LogP contribution in [0.4, 0.5) is 11.4 Å². The molecule has 0 amide bonds. The second kappa shape index (κ2) is 6.01. The minimum absolute atomic E-state index is 0.0921. The fourth-order valence-electron chi connectivity index (χ4n) is 2.61. The molecule has 122 valence electrons. The van der Waals surface area contributed by atoms with Crippen LogP contribution >= 0.6 is 15.9 Å². The van der Waals surface area contributed by atoms with E-state index in [1.54, 1.807) is 42.5 Å². The van der Waals surface area contributed by atoms with E-state index >= 15 is 0 Å². The van der Waals surface area contributed by atoms with Crippen molar-refractivity contribution in [3.05, 3.63) is 62.9 Å². The van der Waals surface area contributed by atoms with Crippen molar-refractivity contribution < 1.29 is 9.53 Å². The van der Waals surface area contributed by atoms with Gasteiger partial charge in [-0.05, 0) is 36.4 Å². The Hall–Kier alpha value is -2.80. The smallest absolute Gasteiger partial charge is 0.345 e. The molecule has 0 saturated carbocycles. The number of hydrogen-bond acceptors (Lipinski definition) is 5. The summed E-state index contributed by atoms with van der Waals surface area (Å²) in [7, 11) is 1.21. The van der Waals surface area contributed by atoms with Crippen LogP contribution in [0.15, 0.2) is 51.7 Å². The number of halogens is 1. The van der Waals surface area contributed by atoms with Gasteiger partial charge in [0.25, 0.3) is 5.56 Å². The molecule has 2 aromatic carbocycles. The number of ether oxygens (including phenoxy) is 1. The average Bonchev–Trinajstić information content (AvgIpc) is 2.54. The van der Waals surface area contributed by atoms with Crippen LogP contribution in [0.5, 0.6) is 0 Å². The lowest BCUT2D eigenvalue weighted by Crippen LogP contribution is -2.28. The minimum atomic E-state index is -0.778. The van der Waals surface area contributed by atoms with Crippen molar-refractivity contribution in [2.75, 3.05) is 18.6 Å². The Morgan fingerprint density at radius 3 is 2.58 bits per heavy atom. The average molecular weight is 388 g/mol. The van der Waals surface area contributed by atoms with Crippen LogP contribution in [-0.2, 0) is 4.74 Å².